The summed E-state index contributed by atoms with van der Waals surface area (Å²) >= 11 is 1.19. The number of nitrogens with zero attached hydrogens (tertiary/aromatic N) is 1. The molecule has 23 heavy (non-hydrogen) atoms. The molecule has 1 N–H and O–H groups in total. The number of aliphatic carboxylic acids is 1. The Balaban J connectivity index is 2.07. The first-order chi connectivity index (χ1) is 11.0. The number of ether oxygens (including phenoxy) is 1. The molecule has 1 aliphatic rings. The molecule has 1 aromatic rings. The van der Waals surface area contributed by atoms with E-state index in [0.717, 1.165) is 25.9 Å². The monoisotopic (exact) mass is 337 g/mol. The van der Waals surface area contributed by atoms with E-state index in [0.29, 0.717) is 17.0 Å². The van der Waals surface area contributed by atoms with Gasteiger partial charge in [0, 0.05) is 25.1 Å². The highest BCUT2D eigenvalue weighted by atomic mass is 32.2. The SMILES string of the molecule is CC(Sc1ccccc1C(=O)N(C)CC1CCCCO1)C(=O)O. The molecule has 1 heterocycles. The van der Waals surface area contributed by atoms with Gasteiger partial charge in [0.05, 0.1) is 11.7 Å². The van der Waals surface area contributed by atoms with Gasteiger partial charge in [-0.1, -0.05) is 12.1 Å². The largest absolute Gasteiger partial charge is 0.480 e. The van der Waals surface area contributed by atoms with Crippen molar-refractivity contribution in [2.45, 2.75) is 42.4 Å². The number of thioether (sulfide) groups is 1. The summed E-state index contributed by atoms with van der Waals surface area (Å²) in [4.78, 5) is 26.1. The summed E-state index contributed by atoms with van der Waals surface area (Å²) in [5.41, 5.74) is 0.545. The Kier molecular flexibility index (Phi) is 6.47. The molecule has 1 aliphatic heterocycles. The van der Waals surface area contributed by atoms with Crippen LogP contribution in [0.5, 0.6) is 0 Å². The number of likely N-dealkylation sites (N-methyl/N-ethyl adjacent to an activating group) is 1. The van der Waals surface area contributed by atoms with Gasteiger partial charge < -0.3 is 14.7 Å². The number of amides is 1. The van der Waals surface area contributed by atoms with Crippen molar-refractivity contribution in [3.8, 4) is 0 Å². The van der Waals surface area contributed by atoms with Gasteiger partial charge in [0.2, 0.25) is 0 Å². The topological polar surface area (TPSA) is 66.8 Å². The molecule has 1 aromatic carbocycles. The molecule has 2 rings (SSSR count). The number of hydrogen-bond acceptors (Lipinski definition) is 4. The number of carboxylic acid groups (broad SMARTS) is 1. The number of rotatable bonds is 6. The molecule has 0 aromatic heterocycles. The van der Waals surface area contributed by atoms with Gasteiger partial charge in [-0.15, -0.1) is 11.8 Å². The third kappa shape index (κ3) is 4.97. The third-order valence-electron chi connectivity index (χ3n) is 3.87. The number of carbonyl (C=O) groups is 2. The molecular weight excluding hydrogens is 314 g/mol. The quantitative estimate of drug-likeness (QED) is 0.809. The minimum absolute atomic E-state index is 0.0930. The normalized spacial score (nSPS) is 19.1. The summed E-state index contributed by atoms with van der Waals surface area (Å²) in [5.74, 6) is -0.985. The van der Waals surface area contributed by atoms with Crippen LogP contribution in [0, 0.1) is 0 Å². The van der Waals surface area contributed by atoms with Gasteiger partial charge in [-0.05, 0) is 38.3 Å². The number of carboxylic acids is 1. The van der Waals surface area contributed by atoms with E-state index in [4.69, 9.17) is 9.84 Å². The molecule has 0 saturated carbocycles. The summed E-state index contributed by atoms with van der Waals surface area (Å²) in [5, 5.41) is 8.46. The maximum atomic E-state index is 12.7. The summed E-state index contributed by atoms with van der Waals surface area (Å²) in [7, 11) is 1.77. The summed E-state index contributed by atoms with van der Waals surface area (Å²) in [6.07, 6.45) is 3.29. The van der Waals surface area contributed by atoms with E-state index in [2.05, 4.69) is 0 Å². The Bertz CT molecular complexity index is 557. The van der Waals surface area contributed by atoms with Crippen molar-refractivity contribution < 1.29 is 19.4 Å². The third-order valence-corrected chi connectivity index (χ3v) is 5.03. The van der Waals surface area contributed by atoms with E-state index in [-0.39, 0.29) is 12.0 Å². The van der Waals surface area contributed by atoms with E-state index in [1.54, 1.807) is 37.1 Å². The van der Waals surface area contributed by atoms with Crippen LogP contribution in [0.1, 0.15) is 36.5 Å². The first-order valence-electron chi connectivity index (χ1n) is 7.84. The predicted octanol–water partition coefficient (Wildman–Crippen LogP) is 2.89. The molecule has 2 unspecified atom stereocenters. The van der Waals surface area contributed by atoms with Crippen molar-refractivity contribution in [2.75, 3.05) is 20.2 Å². The molecule has 1 amide bonds. The van der Waals surface area contributed by atoms with Gasteiger partial charge in [0.25, 0.3) is 5.91 Å². The highest BCUT2D eigenvalue weighted by molar-refractivity contribution is 8.00. The fraction of sp³-hybridized carbons (Fsp3) is 0.529. The van der Waals surface area contributed by atoms with Crippen molar-refractivity contribution >= 4 is 23.6 Å². The lowest BCUT2D eigenvalue weighted by atomic mass is 10.1. The molecule has 0 aliphatic carbocycles. The van der Waals surface area contributed by atoms with Crippen LogP contribution in [0.2, 0.25) is 0 Å². The van der Waals surface area contributed by atoms with Crippen LogP contribution in [0.4, 0.5) is 0 Å². The van der Waals surface area contributed by atoms with Crippen LogP contribution in [0.3, 0.4) is 0 Å². The standard InChI is InChI=1S/C17H23NO4S/c1-12(17(20)21)23-15-9-4-3-8-14(15)16(19)18(2)11-13-7-5-6-10-22-13/h3-4,8-9,12-13H,5-7,10-11H2,1-2H3,(H,20,21). The summed E-state index contributed by atoms with van der Waals surface area (Å²) in [6.45, 7) is 2.94. The van der Waals surface area contributed by atoms with E-state index in [9.17, 15) is 9.59 Å². The fourth-order valence-corrected chi connectivity index (χ4v) is 3.45. The molecule has 1 saturated heterocycles. The second kappa shape index (κ2) is 8.36. The zero-order valence-electron chi connectivity index (χ0n) is 13.5. The number of benzene rings is 1. The van der Waals surface area contributed by atoms with E-state index in [1.165, 1.54) is 11.8 Å². The van der Waals surface area contributed by atoms with Crippen LogP contribution >= 0.6 is 11.8 Å². The zero-order valence-corrected chi connectivity index (χ0v) is 14.3. The predicted molar refractivity (Wildman–Crippen MR) is 89.9 cm³/mol. The Labute approximate surface area is 141 Å². The summed E-state index contributed by atoms with van der Waals surface area (Å²) in [6, 6.07) is 7.16. The second-order valence-corrected chi connectivity index (χ2v) is 7.15. The van der Waals surface area contributed by atoms with E-state index in [1.807, 2.05) is 6.07 Å². The minimum Gasteiger partial charge on any atom is -0.480 e. The Morgan fingerprint density at radius 1 is 1.39 bits per heavy atom. The van der Waals surface area contributed by atoms with Crippen molar-refractivity contribution in [1.29, 1.82) is 0 Å². The molecule has 0 radical (unpaired) electrons. The first-order valence-corrected chi connectivity index (χ1v) is 8.72. The average molecular weight is 337 g/mol. The molecule has 0 bridgehead atoms. The van der Waals surface area contributed by atoms with Gasteiger partial charge in [-0.2, -0.15) is 0 Å². The lowest BCUT2D eigenvalue weighted by Gasteiger charge is -2.28. The number of carbonyl (C=O) groups excluding carboxylic acids is 1. The smallest absolute Gasteiger partial charge is 0.316 e. The Morgan fingerprint density at radius 3 is 2.78 bits per heavy atom. The summed E-state index contributed by atoms with van der Waals surface area (Å²) < 4.78 is 5.68. The second-order valence-electron chi connectivity index (χ2n) is 5.77. The van der Waals surface area contributed by atoms with Crippen LogP contribution in [-0.4, -0.2) is 53.4 Å². The maximum Gasteiger partial charge on any atom is 0.316 e. The Morgan fingerprint density at radius 2 is 2.13 bits per heavy atom. The fourth-order valence-electron chi connectivity index (χ4n) is 2.53. The van der Waals surface area contributed by atoms with Crippen LogP contribution in [0.25, 0.3) is 0 Å². The van der Waals surface area contributed by atoms with Crippen molar-refractivity contribution in [2.24, 2.45) is 0 Å². The van der Waals surface area contributed by atoms with Crippen molar-refractivity contribution in [3.05, 3.63) is 29.8 Å². The molecule has 0 spiro atoms. The molecule has 5 nitrogen and oxygen atoms in total. The van der Waals surface area contributed by atoms with Gasteiger partial charge in [-0.3, -0.25) is 9.59 Å². The highest BCUT2D eigenvalue weighted by Crippen LogP contribution is 2.28. The van der Waals surface area contributed by atoms with Gasteiger partial charge in [0.1, 0.15) is 5.25 Å². The molecule has 2 atom stereocenters. The van der Waals surface area contributed by atoms with Crippen LogP contribution < -0.4 is 0 Å². The average Bonchev–Trinajstić information content (AvgIpc) is 2.55. The minimum atomic E-state index is -0.888. The first kappa shape index (κ1) is 17.8. The molecule has 6 heteroatoms. The van der Waals surface area contributed by atoms with E-state index >= 15 is 0 Å². The molecule has 126 valence electrons. The zero-order chi connectivity index (χ0) is 16.8. The van der Waals surface area contributed by atoms with Crippen molar-refractivity contribution in [1.82, 2.24) is 4.90 Å². The van der Waals surface area contributed by atoms with Gasteiger partial charge >= 0.3 is 5.97 Å². The van der Waals surface area contributed by atoms with Gasteiger partial charge in [-0.25, -0.2) is 0 Å². The maximum absolute atomic E-state index is 12.7. The van der Waals surface area contributed by atoms with Crippen LogP contribution in [-0.2, 0) is 9.53 Å². The lowest BCUT2D eigenvalue weighted by molar-refractivity contribution is -0.136. The number of hydrogen-bond donors (Lipinski definition) is 1. The van der Waals surface area contributed by atoms with Crippen LogP contribution in [0.15, 0.2) is 29.2 Å². The Hall–Kier alpha value is -1.53. The van der Waals surface area contributed by atoms with Gasteiger partial charge in [0.15, 0.2) is 0 Å². The van der Waals surface area contributed by atoms with Crippen molar-refractivity contribution in [3.63, 3.8) is 0 Å². The molecular formula is C17H23NO4S. The highest BCUT2D eigenvalue weighted by Gasteiger charge is 2.23. The lowest BCUT2D eigenvalue weighted by Crippen LogP contribution is -2.37. The van der Waals surface area contributed by atoms with E-state index < -0.39 is 11.2 Å². The molecule has 1 fully saturated rings.